The molecule has 0 heterocycles. The molecule has 0 aromatic rings. The minimum atomic E-state index is -0.125. The number of ether oxygens (including phenoxy) is 1. The Balaban J connectivity index is -0.000000769. The lowest BCUT2D eigenvalue weighted by Crippen LogP contribution is -1.88. The first-order chi connectivity index (χ1) is 12.8. The van der Waals surface area contributed by atoms with Crippen molar-refractivity contribution < 1.29 is 14.9 Å². The normalized spacial score (nSPS) is 9.85. The molecule has 0 rings (SSSR count). The van der Waals surface area contributed by atoms with E-state index in [0.29, 0.717) is 0 Å². The average molecular weight is 375 g/mol. The Morgan fingerprint density at radius 1 is 0.538 bits per heavy atom. The minimum Gasteiger partial charge on any atom is -0.394 e. The van der Waals surface area contributed by atoms with Crippen LogP contribution in [0.5, 0.6) is 0 Å². The van der Waals surface area contributed by atoms with Crippen LogP contribution in [0.1, 0.15) is 110 Å². The van der Waals surface area contributed by atoms with E-state index in [1.54, 1.807) is 7.11 Å². The number of hydrogen-bond donors (Lipinski definition) is 2. The molecule has 3 nitrogen and oxygen atoms in total. The van der Waals surface area contributed by atoms with Gasteiger partial charge in [-0.3, -0.25) is 0 Å². The molecule has 0 saturated heterocycles. The maximum atomic E-state index is 7.62. The molecule has 0 aliphatic carbocycles. The van der Waals surface area contributed by atoms with Crippen molar-refractivity contribution >= 4 is 0 Å². The molecule has 26 heavy (non-hydrogen) atoms. The molecule has 0 atom stereocenters. The highest BCUT2D eigenvalue weighted by Crippen LogP contribution is 2.13. The lowest BCUT2D eigenvalue weighted by atomic mass is 10.0. The Morgan fingerprint density at radius 2 is 0.808 bits per heavy atom. The zero-order valence-corrected chi connectivity index (χ0v) is 18.2. The van der Waals surface area contributed by atoms with Crippen molar-refractivity contribution in [2.75, 3.05) is 26.9 Å². The maximum Gasteiger partial charge on any atom is 0.0662 e. The molecule has 160 valence electrons. The van der Waals surface area contributed by atoms with Gasteiger partial charge >= 0.3 is 0 Å². The first-order valence-electron chi connectivity index (χ1n) is 11.0. The molecule has 0 aromatic heterocycles. The first-order valence-corrected chi connectivity index (χ1v) is 11.0. The summed E-state index contributed by atoms with van der Waals surface area (Å²) in [6.45, 7) is 8.98. The van der Waals surface area contributed by atoms with E-state index in [4.69, 9.17) is 14.9 Å². The number of rotatable bonds is 18. The fourth-order valence-corrected chi connectivity index (χ4v) is 2.79. The van der Waals surface area contributed by atoms with Gasteiger partial charge in [0, 0.05) is 13.7 Å². The molecule has 0 aliphatic heterocycles. The van der Waals surface area contributed by atoms with Gasteiger partial charge in [0.25, 0.3) is 0 Å². The van der Waals surface area contributed by atoms with Gasteiger partial charge in [-0.1, -0.05) is 103 Å². The third-order valence-corrected chi connectivity index (χ3v) is 4.30. The molecule has 0 spiro atoms. The van der Waals surface area contributed by atoms with Crippen LogP contribution < -0.4 is 0 Å². The Kier molecular flexibility index (Phi) is 41.7. The van der Waals surface area contributed by atoms with E-state index in [0.717, 1.165) is 6.61 Å². The number of aliphatic hydroxyl groups is 2. The first kappa shape index (κ1) is 30.4. The van der Waals surface area contributed by atoms with Crippen LogP contribution in [-0.2, 0) is 4.74 Å². The second kappa shape index (κ2) is 35.7. The predicted molar refractivity (Wildman–Crippen MR) is 117 cm³/mol. The molecule has 0 amide bonds. The van der Waals surface area contributed by atoms with Gasteiger partial charge < -0.3 is 14.9 Å². The number of unbranched alkanes of at least 4 members (excludes halogenated alkanes) is 15. The molecule has 3 heteroatoms. The summed E-state index contributed by atoms with van der Waals surface area (Å²) in [5.41, 5.74) is 0. The van der Waals surface area contributed by atoms with Gasteiger partial charge in [0.1, 0.15) is 0 Å². The molecule has 0 saturated carbocycles. The van der Waals surface area contributed by atoms with Crippen LogP contribution in [-0.4, -0.2) is 37.1 Å². The van der Waals surface area contributed by atoms with Crippen LogP contribution in [0.2, 0.25) is 0 Å². The van der Waals surface area contributed by atoms with Gasteiger partial charge in [-0.2, -0.15) is 0 Å². The summed E-state index contributed by atoms with van der Waals surface area (Å²) in [5.74, 6) is 0. The molecule has 0 fully saturated rings. The van der Waals surface area contributed by atoms with Crippen molar-refractivity contribution in [3.05, 3.63) is 13.2 Å². The highest BCUT2D eigenvalue weighted by Gasteiger charge is 1.94. The van der Waals surface area contributed by atoms with Crippen molar-refractivity contribution in [2.24, 2.45) is 0 Å². The Morgan fingerprint density at radius 3 is 1.04 bits per heavy atom. The predicted octanol–water partition coefficient (Wildman–Crippen LogP) is 6.67. The van der Waals surface area contributed by atoms with Crippen molar-refractivity contribution in [1.82, 2.24) is 0 Å². The lowest BCUT2D eigenvalue weighted by molar-refractivity contribution is 0.186. The maximum absolute atomic E-state index is 7.62. The topological polar surface area (TPSA) is 49.7 Å². The number of hydrogen-bond acceptors (Lipinski definition) is 3. The average Bonchev–Trinajstić information content (AvgIpc) is 2.69. The van der Waals surface area contributed by atoms with Crippen LogP contribution in [0.15, 0.2) is 13.2 Å². The number of aliphatic hydroxyl groups excluding tert-OH is 2. The summed E-state index contributed by atoms with van der Waals surface area (Å²) >= 11 is 0. The third-order valence-electron chi connectivity index (χ3n) is 4.30. The second-order valence-corrected chi connectivity index (χ2v) is 6.74. The molecular formula is C23H50O3. The van der Waals surface area contributed by atoms with Gasteiger partial charge in [0.2, 0.25) is 0 Å². The van der Waals surface area contributed by atoms with Crippen molar-refractivity contribution in [2.45, 2.75) is 110 Å². The van der Waals surface area contributed by atoms with Crippen LogP contribution in [0.25, 0.3) is 0 Å². The Labute approximate surface area is 165 Å². The van der Waals surface area contributed by atoms with Crippen LogP contribution >= 0.6 is 0 Å². The van der Waals surface area contributed by atoms with Crippen LogP contribution in [0.4, 0.5) is 0 Å². The fourth-order valence-electron chi connectivity index (χ4n) is 2.79. The summed E-state index contributed by atoms with van der Waals surface area (Å²) < 4.78 is 5.06. The van der Waals surface area contributed by atoms with E-state index in [2.05, 4.69) is 20.1 Å². The standard InChI is InChI=1S/C19H40O.C2H6O2.C2H4/c1-3-4-5-6-7-8-9-10-11-12-13-14-15-16-17-18-19-20-2;3-1-2-4;1-2/h3-19H2,1-2H3;3-4H,1-2H2;1-2H2. The largest absolute Gasteiger partial charge is 0.394 e. The summed E-state index contributed by atoms with van der Waals surface area (Å²) in [6.07, 6.45) is 22.9. The Hall–Kier alpha value is -0.380. The van der Waals surface area contributed by atoms with Crippen LogP contribution in [0, 0.1) is 0 Å². The SMILES string of the molecule is C=C.CCCCCCCCCCCCCCCCCCOC.OCCO. The van der Waals surface area contributed by atoms with E-state index in [1.165, 1.54) is 103 Å². The molecule has 0 aromatic carbocycles. The Bertz CT molecular complexity index is 178. The van der Waals surface area contributed by atoms with Gasteiger partial charge in [0.05, 0.1) is 13.2 Å². The zero-order chi connectivity index (χ0) is 20.1. The zero-order valence-electron chi connectivity index (χ0n) is 18.2. The van der Waals surface area contributed by atoms with E-state index < -0.39 is 0 Å². The molecule has 0 radical (unpaired) electrons. The fraction of sp³-hybridized carbons (Fsp3) is 0.913. The van der Waals surface area contributed by atoms with Gasteiger partial charge in [-0.15, -0.1) is 13.2 Å². The van der Waals surface area contributed by atoms with E-state index in [1.807, 2.05) is 0 Å². The summed E-state index contributed by atoms with van der Waals surface area (Å²) in [5, 5.41) is 15.2. The van der Waals surface area contributed by atoms with E-state index >= 15 is 0 Å². The van der Waals surface area contributed by atoms with Crippen molar-refractivity contribution in [3.63, 3.8) is 0 Å². The van der Waals surface area contributed by atoms with Crippen molar-refractivity contribution in [3.8, 4) is 0 Å². The van der Waals surface area contributed by atoms with Crippen molar-refractivity contribution in [1.29, 1.82) is 0 Å². The highest BCUT2D eigenvalue weighted by molar-refractivity contribution is 4.49. The smallest absolute Gasteiger partial charge is 0.0662 e. The van der Waals surface area contributed by atoms with Gasteiger partial charge in [0.15, 0.2) is 0 Å². The van der Waals surface area contributed by atoms with Gasteiger partial charge in [-0.05, 0) is 6.42 Å². The quantitative estimate of drug-likeness (QED) is 0.208. The molecule has 0 unspecified atom stereocenters. The van der Waals surface area contributed by atoms with Crippen LogP contribution in [0.3, 0.4) is 0 Å². The summed E-state index contributed by atoms with van der Waals surface area (Å²) in [6, 6.07) is 0. The highest BCUT2D eigenvalue weighted by atomic mass is 16.5. The van der Waals surface area contributed by atoms with Gasteiger partial charge in [-0.25, -0.2) is 0 Å². The number of methoxy groups -OCH3 is 1. The summed E-state index contributed by atoms with van der Waals surface area (Å²) in [7, 11) is 1.80. The second-order valence-electron chi connectivity index (χ2n) is 6.74. The molecule has 2 N–H and O–H groups in total. The molecule has 0 aliphatic rings. The van der Waals surface area contributed by atoms with E-state index in [9.17, 15) is 0 Å². The monoisotopic (exact) mass is 374 g/mol. The lowest BCUT2D eigenvalue weighted by Gasteiger charge is -2.03. The third kappa shape index (κ3) is 38.9. The van der Waals surface area contributed by atoms with E-state index in [-0.39, 0.29) is 13.2 Å². The minimum absolute atomic E-state index is 0.125. The summed E-state index contributed by atoms with van der Waals surface area (Å²) in [4.78, 5) is 0. The molecular weight excluding hydrogens is 324 g/mol. The molecule has 0 bridgehead atoms.